The van der Waals surface area contributed by atoms with Crippen LogP contribution in [0.1, 0.15) is 17.4 Å². The SMILES string of the molecule is CCOC(=O)c1c(O)cc(-c2ccc(Cl)cc2)n1C. The predicted molar refractivity (Wildman–Crippen MR) is 73.5 cm³/mol. The standard InChI is InChI=1S/C14H14ClNO3/c1-3-19-14(18)13-12(17)8-11(16(13)2)9-4-6-10(15)7-5-9/h4-8,17H,3H2,1-2H3. The first kappa shape index (κ1) is 13.5. The van der Waals surface area contributed by atoms with Crippen molar-refractivity contribution in [1.29, 1.82) is 0 Å². The highest BCUT2D eigenvalue weighted by molar-refractivity contribution is 6.30. The number of ether oxygens (including phenoxy) is 1. The molecule has 2 rings (SSSR count). The minimum atomic E-state index is -0.539. The molecule has 0 fully saturated rings. The zero-order valence-electron chi connectivity index (χ0n) is 10.7. The van der Waals surface area contributed by atoms with Crippen LogP contribution in [0, 0.1) is 0 Å². The van der Waals surface area contributed by atoms with E-state index in [0.717, 1.165) is 11.3 Å². The van der Waals surface area contributed by atoms with Gasteiger partial charge in [-0.1, -0.05) is 23.7 Å². The maximum atomic E-state index is 11.8. The monoisotopic (exact) mass is 279 g/mol. The maximum absolute atomic E-state index is 11.8. The van der Waals surface area contributed by atoms with Crippen molar-refractivity contribution in [3.63, 3.8) is 0 Å². The van der Waals surface area contributed by atoms with Gasteiger partial charge in [0.05, 0.1) is 12.3 Å². The third-order valence-electron chi connectivity index (χ3n) is 2.82. The summed E-state index contributed by atoms with van der Waals surface area (Å²) in [5, 5.41) is 10.5. The van der Waals surface area contributed by atoms with Gasteiger partial charge in [-0.15, -0.1) is 0 Å². The second-order valence-corrected chi connectivity index (χ2v) is 4.49. The van der Waals surface area contributed by atoms with Gasteiger partial charge in [-0.2, -0.15) is 0 Å². The van der Waals surface area contributed by atoms with Crippen LogP contribution in [-0.2, 0) is 11.8 Å². The minimum Gasteiger partial charge on any atom is -0.505 e. The zero-order valence-corrected chi connectivity index (χ0v) is 11.4. The molecule has 1 aromatic heterocycles. The van der Waals surface area contributed by atoms with Crippen molar-refractivity contribution < 1.29 is 14.6 Å². The van der Waals surface area contributed by atoms with Gasteiger partial charge in [0, 0.05) is 18.1 Å². The molecule has 0 aliphatic carbocycles. The lowest BCUT2D eigenvalue weighted by Crippen LogP contribution is -2.10. The lowest BCUT2D eigenvalue weighted by atomic mass is 10.1. The van der Waals surface area contributed by atoms with E-state index in [1.807, 2.05) is 12.1 Å². The number of halogens is 1. The summed E-state index contributed by atoms with van der Waals surface area (Å²) in [5.41, 5.74) is 1.72. The number of carbonyl (C=O) groups is 1. The van der Waals surface area contributed by atoms with Gasteiger partial charge >= 0.3 is 5.97 Å². The van der Waals surface area contributed by atoms with Crippen LogP contribution in [0.3, 0.4) is 0 Å². The van der Waals surface area contributed by atoms with Crippen LogP contribution in [-0.4, -0.2) is 22.2 Å². The molecule has 0 aliphatic rings. The molecule has 0 aliphatic heterocycles. The van der Waals surface area contributed by atoms with Crippen LogP contribution in [0.2, 0.25) is 5.02 Å². The van der Waals surface area contributed by atoms with Crippen LogP contribution >= 0.6 is 11.6 Å². The van der Waals surface area contributed by atoms with Gasteiger partial charge < -0.3 is 14.4 Å². The molecule has 4 nitrogen and oxygen atoms in total. The van der Waals surface area contributed by atoms with Crippen LogP contribution in [0.5, 0.6) is 5.75 Å². The molecule has 1 heterocycles. The molecular weight excluding hydrogens is 266 g/mol. The molecular formula is C14H14ClNO3. The summed E-state index contributed by atoms with van der Waals surface area (Å²) < 4.78 is 6.52. The molecule has 0 bridgehead atoms. The van der Waals surface area contributed by atoms with Crippen LogP contribution < -0.4 is 0 Å². The average molecular weight is 280 g/mol. The topological polar surface area (TPSA) is 51.5 Å². The molecule has 1 aromatic carbocycles. The third kappa shape index (κ3) is 2.58. The fourth-order valence-electron chi connectivity index (χ4n) is 1.93. The maximum Gasteiger partial charge on any atom is 0.358 e. The molecule has 0 radical (unpaired) electrons. The Kier molecular flexibility index (Phi) is 3.81. The van der Waals surface area contributed by atoms with Gasteiger partial charge in [0.25, 0.3) is 0 Å². The Morgan fingerprint density at radius 3 is 2.58 bits per heavy atom. The summed E-state index contributed by atoms with van der Waals surface area (Å²) in [6.07, 6.45) is 0. The second kappa shape index (κ2) is 5.36. The summed E-state index contributed by atoms with van der Waals surface area (Å²) in [6, 6.07) is 8.70. The van der Waals surface area contributed by atoms with Crippen molar-refractivity contribution in [3.05, 3.63) is 41.0 Å². The summed E-state index contributed by atoms with van der Waals surface area (Å²) >= 11 is 5.84. The van der Waals surface area contributed by atoms with E-state index in [2.05, 4.69) is 0 Å². The van der Waals surface area contributed by atoms with E-state index >= 15 is 0 Å². The Balaban J connectivity index is 2.46. The lowest BCUT2D eigenvalue weighted by Gasteiger charge is -2.07. The van der Waals surface area contributed by atoms with Crippen LogP contribution in [0.15, 0.2) is 30.3 Å². The smallest absolute Gasteiger partial charge is 0.358 e. The first-order valence-electron chi connectivity index (χ1n) is 5.86. The molecule has 2 aromatic rings. The second-order valence-electron chi connectivity index (χ2n) is 4.05. The molecule has 100 valence electrons. The number of carbonyl (C=O) groups excluding carboxylic acids is 1. The fourth-order valence-corrected chi connectivity index (χ4v) is 2.05. The van der Waals surface area contributed by atoms with Gasteiger partial charge in [-0.3, -0.25) is 0 Å². The average Bonchev–Trinajstić information content (AvgIpc) is 2.66. The molecule has 0 spiro atoms. The Hall–Kier alpha value is -1.94. The first-order chi connectivity index (χ1) is 9.04. The van der Waals surface area contributed by atoms with Crippen molar-refractivity contribution in [2.24, 2.45) is 7.05 Å². The van der Waals surface area contributed by atoms with Gasteiger partial charge in [0.2, 0.25) is 0 Å². The Morgan fingerprint density at radius 2 is 2.00 bits per heavy atom. The summed E-state index contributed by atoms with van der Waals surface area (Å²) in [5.74, 6) is -0.631. The summed E-state index contributed by atoms with van der Waals surface area (Å²) in [6.45, 7) is 1.98. The lowest BCUT2D eigenvalue weighted by molar-refractivity contribution is 0.0512. The normalized spacial score (nSPS) is 10.5. The minimum absolute atomic E-state index is 0.0918. The van der Waals surface area contributed by atoms with E-state index < -0.39 is 5.97 Å². The van der Waals surface area contributed by atoms with E-state index in [1.54, 1.807) is 30.7 Å². The number of hydrogen-bond donors (Lipinski definition) is 1. The number of aromatic hydroxyl groups is 1. The number of benzene rings is 1. The van der Waals surface area contributed by atoms with E-state index in [4.69, 9.17) is 16.3 Å². The molecule has 0 atom stereocenters. The molecule has 1 N–H and O–H groups in total. The number of hydrogen-bond acceptors (Lipinski definition) is 3. The van der Waals surface area contributed by atoms with E-state index in [1.165, 1.54) is 6.07 Å². The fraction of sp³-hybridized carbons (Fsp3) is 0.214. The van der Waals surface area contributed by atoms with Crippen LogP contribution in [0.25, 0.3) is 11.3 Å². The van der Waals surface area contributed by atoms with E-state index in [0.29, 0.717) is 5.02 Å². The predicted octanol–water partition coefficient (Wildman–Crippen LogP) is 3.23. The Bertz CT molecular complexity index is 602. The summed E-state index contributed by atoms with van der Waals surface area (Å²) in [4.78, 5) is 11.8. The first-order valence-corrected chi connectivity index (χ1v) is 6.24. The molecule has 0 saturated carbocycles. The zero-order chi connectivity index (χ0) is 14.0. The van der Waals surface area contributed by atoms with E-state index in [9.17, 15) is 9.90 Å². The van der Waals surface area contributed by atoms with Gasteiger partial charge in [-0.25, -0.2) is 4.79 Å². The van der Waals surface area contributed by atoms with Crippen molar-refractivity contribution >= 4 is 17.6 Å². The van der Waals surface area contributed by atoms with Crippen LogP contribution in [0.4, 0.5) is 0 Å². The number of aromatic nitrogens is 1. The number of nitrogens with zero attached hydrogens (tertiary/aromatic N) is 1. The van der Waals surface area contributed by atoms with Gasteiger partial charge in [0.1, 0.15) is 5.75 Å². The summed E-state index contributed by atoms with van der Waals surface area (Å²) in [7, 11) is 1.70. The Morgan fingerprint density at radius 1 is 1.37 bits per heavy atom. The molecule has 0 amide bonds. The van der Waals surface area contributed by atoms with E-state index in [-0.39, 0.29) is 18.1 Å². The molecule has 19 heavy (non-hydrogen) atoms. The van der Waals surface area contributed by atoms with Gasteiger partial charge in [-0.05, 0) is 24.6 Å². The van der Waals surface area contributed by atoms with Crippen molar-refractivity contribution in [3.8, 4) is 17.0 Å². The van der Waals surface area contributed by atoms with Gasteiger partial charge in [0.15, 0.2) is 5.69 Å². The molecule has 0 saturated heterocycles. The highest BCUT2D eigenvalue weighted by Crippen LogP contribution is 2.30. The number of rotatable bonds is 3. The largest absolute Gasteiger partial charge is 0.505 e. The van der Waals surface area contributed by atoms with Crippen molar-refractivity contribution in [2.45, 2.75) is 6.92 Å². The highest BCUT2D eigenvalue weighted by Gasteiger charge is 2.20. The third-order valence-corrected chi connectivity index (χ3v) is 3.07. The highest BCUT2D eigenvalue weighted by atomic mass is 35.5. The Labute approximate surface area is 116 Å². The van der Waals surface area contributed by atoms with Crippen molar-refractivity contribution in [1.82, 2.24) is 4.57 Å². The quantitative estimate of drug-likeness (QED) is 0.878. The number of esters is 1. The molecule has 0 unspecified atom stereocenters. The molecule has 5 heteroatoms. The van der Waals surface area contributed by atoms with Crippen molar-refractivity contribution in [2.75, 3.05) is 6.61 Å².